The number of halogens is 1. The Morgan fingerprint density at radius 2 is 1.91 bits per heavy atom. The van der Waals surface area contributed by atoms with E-state index in [-0.39, 0.29) is 6.61 Å². The van der Waals surface area contributed by atoms with Crippen LogP contribution < -0.4 is 4.74 Å². The summed E-state index contributed by atoms with van der Waals surface area (Å²) in [6.07, 6.45) is -0.549. The van der Waals surface area contributed by atoms with E-state index < -0.39 is 6.10 Å². The van der Waals surface area contributed by atoms with E-state index in [4.69, 9.17) is 20.9 Å². The van der Waals surface area contributed by atoms with Crippen LogP contribution in [0.15, 0.2) is 53.1 Å². The van der Waals surface area contributed by atoms with Crippen molar-refractivity contribution in [3.05, 3.63) is 64.3 Å². The molecular formula is C25H27ClN4O3S. The molecule has 1 saturated heterocycles. The maximum Gasteiger partial charge on any atom is 0.151 e. The zero-order chi connectivity index (χ0) is 23.5. The summed E-state index contributed by atoms with van der Waals surface area (Å²) in [5.41, 5.74) is 2.57. The Morgan fingerprint density at radius 3 is 2.74 bits per heavy atom. The molecule has 178 valence electrons. The van der Waals surface area contributed by atoms with Crippen LogP contribution >= 0.6 is 22.9 Å². The van der Waals surface area contributed by atoms with Crippen molar-refractivity contribution >= 4 is 33.2 Å². The van der Waals surface area contributed by atoms with Crippen LogP contribution in [0.25, 0.3) is 21.5 Å². The predicted octanol–water partition coefficient (Wildman–Crippen LogP) is 4.47. The first-order chi connectivity index (χ1) is 16.5. The zero-order valence-corrected chi connectivity index (χ0v) is 20.6. The summed E-state index contributed by atoms with van der Waals surface area (Å²) in [4.78, 5) is 9.10. The summed E-state index contributed by atoms with van der Waals surface area (Å²) in [6, 6.07) is 15.5. The van der Waals surface area contributed by atoms with E-state index in [9.17, 15) is 5.11 Å². The normalized spacial score (nSPS) is 16.2. The molecule has 0 saturated carbocycles. The number of fused-ring (bicyclic) bond motifs is 1. The lowest BCUT2D eigenvalue weighted by molar-refractivity contribution is 0.0430. The number of β-amino-alcohol motifs (C(OH)–C–C–N with tert-alkyl or cyclic N) is 1. The third-order valence-corrected chi connectivity index (χ3v) is 7.21. The molecule has 1 fully saturated rings. The first kappa shape index (κ1) is 23.3. The molecule has 7 nitrogen and oxygen atoms in total. The highest BCUT2D eigenvalue weighted by atomic mass is 35.5. The van der Waals surface area contributed by atoms with Crippen LogP contribution in [0.5, 0.6) is 5.75 Å². The number of rotatable bonds is 8. The number of aromatic nitrogens is 2. The van der Waals surface area contributed by atoms with Crippen LogP contribution in [0.4, 0.5) is 0 Å². The molecule has 9 heteroatoms. The Bertz CT molecular complexity index is 1250. The molecule has 34 heavy (non-hydrogen) atoms. The van der Waals surface area contributed by atoms with Crippen molar-refractivity contribution in [3.8, 4) is 17.0 Å². The summed E-state index contributed by atoms with van der Waals surface area (Å²) in [6.45, 7) is 7.11. The van der Waals surface area contributed by atoms with Gasteiger partial charge >= 0.3 is 0 Å². The van der Waals surface area contributed by atoms with Crippen molar-refractivity contribution in [1.29, 1.82) is 0 Å². The standard InChI is InChI=1S/C25H27ClN4O3S/c1-17-27-24-12-19(6-7-25(24)34-17)32-16-18(31)14-29-8-10-30(11-9-29)15-20-13-23(28-33-20)21-4-2-3-5-22(21)26/h2-7,12-13,18,31H,8-11,14-16H2,1H3/t18-/m0/s1. The lowest BCUT2D eigenvalue weighted by Gasteiger charge is -2.35. The van der Waals surface area contributed by atoms with Gasteiger partial charge in [-0.05, 0) is 25.1 Å². The molecule has 3 heterocycles. The average Bonchev–Trinajstić information content (AvgIpc) is 3.44. The number of hydrogen-bond acceptors (Lipinski definition) is 8. The largest absolute Gasteiger partial charge is 0.491 e. The number of nitrogens with zero attached hydrogens (tertiary/aromatic N) is 4. The fourth-order valence-corrected chi connectivity index (χ4v) is 5.23. The second-order valence-electron chi connectivity index (χ2n) is 8.56. The number of benzene rings is 2. The molecule has 0 aliphatic carbocycles. The van der Waals surface area contributed by atoms with Gasteiger partial charge in [0, 0.05) is 50.4 Å². The van der Waals surface area contributed by atoms with Gasteiger partial charge < -0.3 is 14.4 Å². The van der Waals surface area contributed by atoms with Gasteiger partial charge in [0.15, 0.2) is 5.76 Å². The first-order valence-corrected chi connectivity index (χ1v) is 12.6. The molecule has 2 aromatic carbocycles. The van der Waals surface area contributed by atoms with Gasteiger partial charge in [0.25, 0.3) is 0 Å². The van der Waals surface area contributed by atoms with Crippen LogP contribution in [-0.2, 0) is 6.54 Å². The van der Waals surface area contributed by atoms with E-state index in [1.807, 2.05) is 55.5 Å². The van der Waals surface area contributed by atoms with Gasteiger partial charge in [0.2, 0.25) is 0 Å². The van der Waals surface area contributed by atoms with E-state index in [2.05, 4.69) is 19.9 Å². The Hall–Kier alpha value is -2.49. The molecule has 5 rings (SSSR count). The molecule has 1 aliphatic heterocycles. The lowest BCUT2D eigenvalue weighted by atomic mass is 10.1. The minimum absolute atomic E-state index is 0.262. The Balaban J connectivity index is 1.06. The molecule has 0 radical (unpaired) electrons. The quantitative estimate of drug-likeness (QED) is 0.384. The molecule has 1 aliphatic rings. The molecule has 0 amide bonds. The van der Waals surface area contributed by atoms with Crippen molar-refractivity contribution in [2.75, 3.05) is 39.3 Å². The summed E-state index contributed by atoms with van der Waals surface area (Å²) in [5, 5.41) is 16.4. The Kier molecular flexibility index (Phi) is 7.12. The van der Waals surface area contributed by atoms with E-state index in [0.29, 0.717) is 18.1 Å². The van der Waals surface area contributed by atoms with Crippen LogP contribution in [0.2, 0.25) is 5.02 Å². The van der Waals surface area contributed by atoms with Gasteiger partial charge in [0.1, 0.15) is 24.2 Å². The third kappa shape index (κ3) is 5.59. The fourth-order valence-electron chi connectivity index (χ4n) is 4.19. The molecule has 2 aromatic heterocycles. The monoisotopic (exact) mass is 498 g/mol. The number of hydrogen-bond donors (Lipinski definition) is 1. The van der Waals surface area contributed by atoms with Crippen molar-refractivity contribution < 1.29 is 14.4 Å². The highest BCUT2D eigenvalue weighted by Gasteiger charge is 2.21. The summed E-state index contributed by atoms with van der Waals surface area (Å²) in [5.74, 6) is 1.56. The fraction of sp³-hybridized carbons (Fsp3) is 0.360. The summed E-state index contributed by atoms with van der Waals surface area (Å²) in [7, 11) is 0. The summed E-state index contributed by atoms with van der Waals surface area (Å²) < 4.78 is 12.5. The van der Waals surface area contributed by atoms with Crippen molar-refractivity contribution in [3.63, 3.8) is 0 Å². The predicted molar refractivity (Wildman–Crippen MR) is 135 cm³/mol. The number of aliphatic hydroxyl groups is 1. The number of aryl methyl sites for hydroxylation is 1. The SMILES string of the molecule is Cc1nc2cc(OC[C@@H](O)CN3CCN(Cc4cc(-c5ccccc5Cl)no4)CC3)ccc2s1. The minimum atomic E-state index is -0.549. The maximum atomic E-state index is 10.5. The number of piperazine rings is 1. The van der Waals surface area contributed by atoms with Crippen LogP contribution in [-0.4, -0.2) is 70.5 Å². The zero-order valence-electron chi connectivity index (χ0n) is 19.0. The smallest absolute Gasteiger partial charge is 0.151 e. The molecule has 0 unspecified atom stereocenters. The second kappa shape index (κ2) is 10.4. The molecule has 0 spiro atoms. The van der Waals surface area contributed by atoms with Gasteiger partial charge in [-0.15, -0.1) is 11.3 Å². The molecule has 1 atom stereocenters. The van der Waals surface area contributed by atoms with E-state index in [1.165, 1.54) is 0 Å². The number of ether oxygens (including phenoxy) is 1. The maximum absolute atomic E-state index is 10.5. The van der Waals surface area contributed by atoms with Crippen LogP contribution in [0, 0.1) is 6.92 Å². The molecule has 0 bridgehead atoms. The summed E-state index contributed by atoms with van der Waals surface area (Å²) >= 11 is 7.94. The molecule has 4 aromatic rings. The van der Waals surface area contributed by atoms with Crippen LogP contribution in [0.3, 0.4) is 0 Å². The van der Waals surface area contributed by atoms with Gasteiger partial charge in [-0.25, -0.2) is 4.98 Å². The third-order valence-electron chi connectivity index (χ3n) is 5.93. The topological polar surface area (TPSA) is 74.9 Å². The van der Waals surface area contributed by atoms with Crippen molar-refractivity contribution in [1.82, 2.24) is 19.9 Å². The van der Waals surface area contributed by atoms with Gasteiger partial charge in [-0.2, -0.15) is 0 Å². The number of aliphatic hydroxyl groups excluding tert-OH is 1. The van der Waals surface area contributed by atoms with Crippen LogP contribution in [0.1, 0.15) is 10.8 Å². The Labute approximate surface area is 207 Å². The van der Waals surface area contributed by atoms with E-state index in [0.717, 1.165) is 64.2 Å². The average molecular weight is 499 g/mol. The number of thiazole rings is 1. The second-order valence-corrected chi connectivity index (χ2v) is 10.2. The van der Waals surface area contributed by atoms with E-state index >= 15 is 0 Å². The Morgan fingerprint density at radius 1 is 1.12 bits per heavy atom. The first-order valence-electron chi connectivity index (χ1n) is 11.4. The van der Waals surface area contributed by atoms with Gasteiger partial charge in [-0.1, -0.05) is 35.0 Å². The molecular weight excluding hydrogens is 472 g/mol. The highest BCUT2D eigenvalue weighted by molar-refractivity contribution is 7.18. The van der Waals surface area contributed by atoms with Crippen molar-refractivity contribution in [2.24, 2.45) is 0 Å². The molecule has 1 N–H and O–H groups in total. The minimum Gasteiger partial charge on any atom is -0.491 e. The highest BCUT2D eigenvalue weighted by Crippen LogP contribution is 2.28. The van der Waals surface area contributed by atoms with E-state index in [1.54, 1.807) is 11.3 Å². The van der Waals surface area contributed by atoms with Gasteiger partial charge in [0.05, 0.1) is 26.8 Å². The lowest BCUT2D eigenvalue weighted by Crippen LogP contribution is -2.48. The van der Waals surface area contributed by atoms with Crippen molar-refractivity contribution in [2.45, 2.75) is 19.6 Å². The van der Waals surface area contributed by atoms with Gasteiger partial charge in [-0.3, -0.25) is 9.80 Å².